The molecule has 3 atom stereocenters. The van der Waals surface area contributed by atoms with Crippen molar-refractivity contribution in [2.45, 2.75) is 108 Å². The lowest BCUT2D eigenvalue weighted by Gasteiger charge is -2.37. The fraction of sp³-hybridized carbons (Fsp3) is 1.00. The Morgan fingerprint density at radius 2 is 1.70 bits per heavy atom. The van der Waals surface area contributed by atoms with Crippen LogP contribution in [0.4, 0.5) is 0 Å². The van der Waals surface area contributed by atoms with E-state index in [1.54, 1.807) is 0 Å². The number of hydrogen-bond donors (Lipinski definition) is 2. The van der Waals surface area contributed by atoms with Crippen LogP contribution in [0.2, 0.25) is 0 Å². The van der Waals surface area contributed by atoms with E-state index in [1.807, 2.05) is 0 Å². The standard InChI is InChI=1S/C18H32N2/c1-14-17(7-3-2-4-8-17)13-16(19-14)12-15-6-5-9-18(20-15)10-11-18/h14-16,19-20H,2-13H2,1H3. The molecular formula is C18H32N2. The Labute approximate surface area is 124 Å². The lowest BCUT2D eigenvalue weighted by molar-refractivity contribution is 0.169. The summed E-state index contributed by atoms with van der Waals surface area (Å²) in [4.78, 5) is 0. The van der Waals surface area contributed by atoms with Crippen LogP contribution in [0.1, 0.15) is 84.0 Å². The van der Waals surface area contributed by atoms with Crippen molar-refractivity contribution in [3.8, 4) is 0 Å². The van der Waals surface area contributed by atoms with E-state index in [9.17, 15) is 0 Å². The lowest BCUT2D eigenvalue weighted by atomic mass is 9.68. The fourth-order valence-corrected chi connectivity index (χ4v) is 5.63. The molecule has 2 nitrogen and oxygen atoms in total. The van der Waals surface area contributed by atoms with Gasteiger partial charge < -0.3 is 10.6 Å². The Bertz CT molecular complexity index is 354. The second kappa shape index (κ2) is 4.98. The molecule has 0 aromatic carbocycles. The van der Waals surface area contributed by atoms with Crippen LogP contribution in [0, 0.1) is 5.41 Å². The highest BCUT2D eigenvalue weighted by molar-refractivity contribution is 5.07. The smallest absolute Gasteiger partial charge is 0.0185 e. The summed E-state index contributed by atoms with van der Waals surface area (Å²) in [6.45, 7) is 2.46. The first-order valence-corrected chi connectivity index (χ1v) is 9.24. The molecule has 114 valence electrons. The summed E-state index contributed by atoms with van der Waals surface area (Å²) in [5.41, 5.74) is 1.27. The van der Waals surface area contributed by atoms with Gasteiger partial charge in [0.05, 0.1) is 0 Å². The van der Waals surface area contributed by atoms with Crippen LogP contribution in [-0.4, -0.2) is 23.7 Å². The van der Waals surface area contributed by atoms with E-state index in [2.05, 4.69) is 17.6 Å². The van der Waals surface area contributed by atoms with Crippen molar-refractivity contribution in [1.29, 1.82) is 0 Å². The summed E-state index contributed by atoms with van der Waals surface area (Å²) in [7, 11) is 0. The Hall–Kier alpha value is -0.0800. The molecule has 0 aromatic heterocycles. The van der Waals surface area contributed by atoms with Crippen LogP contribution in [-0.2, 0) is 0 Å². The first-order chi connectivity index (χ1) is 9.70. The third-order valence-corrected chi connectivity index (χ3v) is 7.05. The molecule has 20 heavy (non-hydrogen) atoms. The molecule has 2 saturated carbocycles. The molecule has 3 unspecified atom stereocenters. The predicted molar refractivity (Wildman–Crippen MR) is 83.9 cm³/mol. The van der Waals surface area contributed by atoms with Crippen molar-refractivity contribution in [2.24, 2.45) is 5.41 Å². The van der Waals surface area contributed by atoms with Gasteiger partial charge in [-0.25, -0.2) is 0 Å². The third-order valence-electron chi connectivity index (χ3n) is 7.05. The van der Waals surface area contributed by atoms with Gasteiger partial charge in [0, 0.05) is 23.7 Å². The molecule has 4 aliphatic rings. The van der Waals surface area contributed by atoms with Gasteiger partial charge in [-0.3, -0.25) is 0 Å². The quantitative estimate of drug-likeness (QED) is 0.802. The molecule has 0 bridgehead atoms. The van der Waals surface area contributed by atoms with Crippen molar-refractivity contribution >= 4 is 0 Å². The van der Waals surface area contributed by atoms with Gasteiger partial charge in [0.15, 0.2) is 0 Å². The molecule has 0 radical (unpaired) electrons. The van der Waals surface area contributed by atoms with Gasteiger partial charge in [0.1, 0.15) is 0 Å². The highest BCUT2D eigenvalue weighted by Crippen LogP contribution is 2.48. The Balaban J connectivity index is 1.35. The molecule has 2 spiro atoms. The normalized spacial score (nSPS) is 42.1. The van der Waals surface area contributed by atoms with Crippen LogP contribution >= 0.6 is 0 Å². The zero-order valence-electron chi connectivity index (χ0n) is 13.2. The highest BCUT2D eigenvalue weighted by Gasteiger charge is 2.48. The largest absolute Gasteiger partial charge is 0.311 e. The molecule has 0 amide bonds. The van der Waals surface area contributed by atoms with Gasteiger partial charge in [-0.2, -0.15) is 0 Å². The number of hydrogen-bond acceptors (Lipinski definition) is 2. The molecule has 2 aliphatic carbocycles. The van der Waals surface area contributed by atoms with E-state index < -0.39 is 0 Å². The van der Waals surface area contributed by atoms with Gasteiger partial charge in [-0.15, -0.1) is 0 Å². The Morgan fingerprint density at radius 1 is 0.900 bits per heavy atom. The van der Waals surface area contributed by atoms with Crippen molar-refractivity contribution < 1.29 is 0 Å². The highest BCUT2D eigenvalue weighted by atomic mass is 15.1. The van der Waals surface area contributed by atoms with Crippen molar-refractivity contribution in [1.82, 2.24) is 10.6 Å². The van der Waals surface area contributed by atoms with Crippen LogP contribution in [0.3, 0.4) is 0 Å². The molecule has 4 fully saturated rings. The van der Waals surface area contributed by atoms with E-state index in [0.29, 0.717) is 11.0 Å². The molecular weight excluding hydrogens is 244 g/mol. The van der Waals surface area contributed by atoms with Crippen LogP contribution in [0.5, 0.6) is 0 Å². The van der Waals surface area contributed by atoms with Crippen molar-refractivity contribution in [3.63, 3.8) is 0 Å². The number of nitrogens with one attached hydrogen (secondary N) is 2. The molecule has 2 N–H and O–H groups in total. The summed E-state index contributed by atoms with van der Waals surface area (Å²) in [5, 5.41) is 7.97. The molecule has 0 aromatic rings. The summed E-state index contributed by atoms with van der Waals surface area (Å²) in [5.74, 6) is 0. The first kappa shape index (κ1) is 13.6. The van der Waals surface area contributed by atoms with E-state index in [0.717, 1.165) is 18.1 Å². The van der Waals surface area contributed by atoms with Gasteiger partial charge in [0.2, 0.25) is 0 Å². The van der Waals surface area contributed by atoms with Gasteiger partial charge in [-0.1, -0.05) is 25.7 Å². The monoisotopic (exact) mass is 276 g/mol. The zero-order chi connectivity index (χ0) is 13.6. The van der Waals surface area contributed by atoms with E-state index in [4.69, 9.17) is 0 Å². The Kier molecular flexibility index (Phi) is 3.38. The topological polar surface area (TPSA) is 24.1 Å². The van der Waals surface area contributed by atoms with Crippen LogP contribution in [0.15, 0.2) is 0 Å². The van der Waals surface area contributed by atoms with Crippen molar-refractivity contribution in [2.75, 3.05) is 0 Å². The average Bonchev–Trinajstić information content (AvgIpc) is 3.11. The predicted octanol–water partition coefficient (Wildman–Crippen LogP) is 3.75. The molecule has 2 heterocycles. The van der Waals surface area contributed by atoms with Gasteiger partial charge in [-0.05, 0) is 63.7 Å². The third kappa shape index (κ3) is 2.43. The van der Waals surface area contributed by atoms with Gasteiger partial charge in [0.25, 0.3) is 0 Å². The van der Waals surface area contributed by atoms with Crippen molar-refractivity contribution in [3.05, 3.63) is 0 Å². The van der Waals surface area contributed by atoms with E-state index in [-0.39, 0.29) is 0 Å². The minimum atomic E-state index is 0.607. The van der Waals surface area contributed by atoms with E-state index >= 15 is 0 Å². The molecule has 2 saturated heterocycles. The van der Waals surface area contributed by atoms with Crippen LogP contribution < -0.4 is 10.6 Å². The zero-order valence-corrected chi connectivity index (χ0v) is 13.2. The first-order valence-electron chi connectivity index (χ1n) is 9.24. The molecule has 2 heteroatoms. The maximum atomic E-state index is 4.00. The summed E-state index contributed by atoms with van der Waals surface area (Å²) in [6, 6.07) is 2.34. The number of piperidine rings is 1. The Morgan fingerprint density at radius 3 is 2.45 bits per heavy atom. The molecule has 4 rings (SSSR count). The average molecular weight is 276 g/mol. The van der Waals surface area contributed by atoms with E-state index in [1.165, 1.54) is 77.0 Å². The van der Waals surface area contributed by atoms with Gasteiger partial charge >= 0.3 is 0 Å². The minimum absolute atomic E-state index is 0.607. The second-order valence-electron chi connectivity index (χ2n) is 8.46. The maximum absolute atomic E-state index is 4.00. The van der Waals surface area contributed by atoms with Crippen LogP contribution in [0.25, 0.3) is 0 Å². The molecule has 2 aliphatic heterocycles. The number of rotatable bonds is 2. The summed E-state index contributed by atoms with van der Waals surface area (Å²) in [6.07, 6.45) is 17.5. The second-order valence-corrected chi connectivity index (χ2v) is 8.46. The minimum Gasteiger partial charge on any atom is -0.311 e. The maximum Gasteiger partial charge on any atom is 0.0185 e. The SMILES string of the molecule is CC1NC(CC2CCCC3(CC3)N2)CC12CCCCC2. The summed E-state index contributed by atoms with van der Waals surface area (Å²) >= 11 is 0. The fourth-order valence-electron chi connectivity index (χ4n) is 5.63. The lowest BCUT2D eigenvalue weighted by Crippen LogP contribution is -2.46. The summed E-state index contributed by atoms with van der Waals surface area (Å²) < 4.78 is 0.